The van der Waals surface area contributed by atoms with Crippen molar-refractivity contribution in [2.24, 2.45) is 5.73 Å². The fraction of sp³-hybridized carbons (Fsp3) is 0.778. The zero-order chi connectivity index (χ0) is 40.3. The van der Waals surface area contributed by atoms with Crippen molar-refractivity contribution in [3.8, 4) is 0 Å². The zero-order valence-electron chi connectivity index (χ0n) is 35.2. The molecule has 0 aromatic rings. The quantitative estimate of drug-likeness (QED) is 0.0268. The van der Waals surface area contributed by atoms with Gasteiger partial charge < -0.3 is 20.1 Å². The van der Waals surface area contributed by atoms with Crippen LogP contribution in [0.15, 0.2) is 48.6 Å². The molecule has 0 amide bonds. The van der Waals surface area contributed by atoms with Crippen molar-refractivity contribution in [1.82, 2.24) is 0 Å². The Balaban J connectivity index is 4.22. The SMILES string of the molecule is CCCCC/C=C/C/C=C/CCCCCCCCCC(=O)O[C@H](COC(=O)CCC/C=C/C/C=C/CCCCCCCCCCC)COP(=O)(O)OCCN. The molecule has 0 saturated heterocycles. The summed E-state index contributed by atoms with van der Waals surface area (Å²) in [4.78, 5) is 34.9. The average molecular weight is 796 g/mol. The number of hydrogen-bond acceptors (Lipinski definition) is 8. The second-order valence-electron chi connectivity index (χ2n) is 14.6. The van der Waals surface area contributed by atoms with E-state index in [0.717, 1.165) is 51.4 Å². The summed E-state index contributed by atoms with van der Waals surface area (Å²) >= 11 is 0. The minimum atomic E-state index is -4.39. The second-order valence-corrected chi connectivity index (χ2v) is 16.0. The van der Waals surface area contributed by atoms with Gasteiger partial charge in [-0.2, -0.15) is 0 Å². The van der Waals surface area contributed by atoms with Crippen molar-refractivity contribution in [3.63, 3.8) is 0 Å². The first-order valence-electron chi connectivity index (χ1n) is 22.1. The first-order chi connectivity index (χ1) is 26.8. The number of phosphoric acid groups is 1. The maximum Gasteiger partial charge on any atom is 0.472 e. The number of unbranched alkanes of at least 4 members (excludes halogenated alkanes) is 20. The van der Waals surface area contributed by atoms with Crippen LogP contribution in [0.1, 0.15) is 194 Å². The number of phosphoric ester groups is 1. The standard InChI is InChI=1S/C45H82NO8P/c1-3-5-7-9-11-13-15-17-19-21-23-25-27-29-31-33-35-37-44(47)51-41-43(42-53-55(49,50)52-40-39-46)54-45(48)38-36-34-32-30-28-26-24-22-20-18-16-14-12-10-8-6-4-2/h12,14,18,20,23,25,29,31,43H,3-11,13,15-17,19,21-22,24,26-28,30,32-42,46H2,1-2H3,(H,49,50)/b14-12+,20-18+,25-23+,31-29+/t43-/m1/s1. The molecule has 0 aliphatic carbocycles. The van der Waals surface area contributed by atoms with E-state index in [1.165, 1.54) is 103 Å². The van der Waals surface area contributed by atoms with Gasteiger partial charge in [0.15, 0.2) is 6.10 Å². The molecule has 1 unspecified atom stereocenters. The van der Waals surface area contributed by atoms with Crippen molar-refractivity contribution in [2.75, 3.05) is 26.4 Å². The highest BCUT2D eigenvalue weighted by molar-refractivity contribution is 7.47. The lowest BCUT2D eigenvalue weighted by Crippen LogP contribution is -2.29. The Morgan fingerprint density at radius 2 is 0.964 bits per heavy atom. The van der Waals surface area contributed by atoms with Crippen molar-refractivity contribution < 1.29 is 37.6 Å². The topological polar surface area (TPSA) is 134 Å². The smallest absolute Gasteiger partial charge is 0.462 e. The summed E-state index contributed by atoms with van der Waals surface area (Å²) in [6.45, 7) is 3.65. The summed E-state index contributed by atoms with van der Waals surface area (Å²) in [6.07, 6.45) is 47.2. The molecule has 0 aromatic heterocycles. The van der Waals surface area contributed by atoms with E-state index in [0.29, 0.717) is 12.8 Å². The molecule has 3 N–H and O–H groups in total. The molecule has 0 heterocycles. The van der Waals surface area contributed by atoms with Crippen LogP contribution in [0.2, 0.25) is 0 Å². The van der Waals surface area contributed by atoms with Gasteiger partial charge in [-0.1, -0.05) is 159 Å². The molecule has 0 spiro atoms. The van der Waals surface area contributed by atoms with E-state index in [4.69, 9.17) is 24.3 Å². The number of allylic oxidation sites excluding steroid dienone is 8. The van der Waals surface area contributed by atoms with Gasteiger partial charge in [-0.15, -0.1) is 0 Å². The van der Waals surface area contributed by atoms with Crippen LogP contribution in [0.3, 0.4) is 0 Å². The summed E-state index contributed by atoms with van der Waals surface area (Å²) in [5.41, 5.74) is 5.34. The number of hydrogen-bond donors (Lipinski definition) is 2. The molecule has 0 rings (SSSR count). The number of carbonyl (C=O) groups is 2. The number of esters is 2. The van der Waals surface area contributed by atoms with Crippen LogP contribution in [-0.4, -0.2) is 49.3 Å². The van der Waals surface area contributed by atoms with E-state index in [9.17, 15) is 19.0 Å². The van der Waals surface area contributed by atoms with Gasteiger partial charge in [-0.05, 0) is 70.6 Å². The Bertz CT molecular complexity index is 1040. The predicted molar refractivity (Wildman–Crippen MR) is 229 cm³/mol. The Hall–Kier alpha value is -2.03. The summed E-state index contributed by atoms with van der Waals surface area (Å²) in [6, 6.07) is 0. The van der Waals surface area contributed by atoms with Gasteiger partial charge in [0, 0.05) is 19.4 Å². The Morgan fingerprint density at radius 1 is 0.545 bits per heavy atom. The van der Waals surface area contributed by atoms with Gasteiger partial charge >= 0.3 is 19.8 Å². The number of nitrogens with two attached hydrogens (primary N) is 1. The third-order valence-electron chi connectivity index (χ3n) is 9.19. The van der Waals surface area contributed by atoms with Gasteiger partial charge in [-0.25, -0.2) is 4.57 Å². The van der Waals surface area contributed by atoms with E-state index in [-0.39, 0.29) is 32.6 Å². The molecule has 0 aromatic carbocycles. The molecule has 55 heavy (non-hydrogen) atoms. The number of ether oxygens (including phenoxy) is 2. The van der Waals surface area contributed by atoms with Crippen LogP contribution in [0.5, 0.6) is 0 Å². The Morgan fingerprint density at radius 3 is 1.47 bits per heavy atom. The molecular formula is C45H82NO8P. The summed E-state index contributed by atoms with van der Waals surface area (Å²) in [5, 5.41) is 0. The predicted octanol–water partition coefficient (Wildman–Crippen LogP) is 12.7. The van der Waals surface area contributed by atoms with Crippen LogP contribution in [0.4, 0.5) is 0 Å². The highest BCUT2D eigenvalue weighted by Gasteiger charge is 2.26. The summed E-state index contributed by atoms with van der Waals surface area (Å²) in [7, 11) is -4.39. The summed E-state index contributed by atoms with van der Waals surface area (Å²) < 4.78 is 32.7. The molecule has 0 aliphatic rings. The molecule has 0 fully saturated rings. The minimum Gasteiger partial charge on any atom is -0.462 e. The molecular weight excluding hydrogens is 713 g/mol. The van der Waals surface area contributed by atoms with E-state index in [1.54, 1.807) is 0 Å². The molecule has 320 valence electrons. The van der Waals surface area contributed by atoms with Gasteiger partial charge in [0.05, 0.1) is 13.2 Å². The van der Waals surface area contributed by atoms with E-state index in [1.807, 2.05) is 0 Å². The number of carbonyl (C=O) groups excluding carboxylic acids is 2. The summed E-state index contributed by atoms with van der Waals surface area (Å²) in [5.74, 6) is -0.890. The minimum absolute atomic E-state index is 0.0456. The second kappa shape index (κ2) is 41.6. The first-order valence-corrected chi connectivity index (χ1v) is 23.6. The van der Waals surface area contributed by atoms with Gasteiger partial charge in [0.25, 0.3) is 0 Å². The highest BCUT2D eigenvalue weighted by Crippen LogP contribution is 2.43. The fourth-order valence-electron chi connectivity index (χ4n) is 5.88. The lowest BCUT2D eigenvalue weighted by molar-refractivity contribution is -0.161. The van der Waals surface area contributed by atoms with Crippen molar-refractivity contribution in [1.29, 1.82) is 0 Å². The molecule has 0 bridgehead atoms. The Kier molecular flexibility index (Phi) is 40.1. The molecule has 10 heteroatoms. The largest absolute Gasteiger partial charge is 0.472 e. The first kappa shape index (κ1) is 53.0. The van der Waals surface area contributed by atoms with Crippen molar-refractivity contribution in [3.05, 3.63) is 48.6 Å². The third kappa shape index (κ3) is 41.4. The van der Waals surface area contributed by atoms with Crippen LogP contribution in [-0.2, 0) is 32.7 Å². The van der Waals surface area contributed by atoms with Crippen molar-refractivity contribution in [2.45, 2.75) is 200 Å². The van der Waals surface area contributed by atoms with Gasteiger partial charge in [0.1, 0.15) is 6.61 Å². The van der Waals surface area contributed by atoms with Gasteiger partial charge in [-0.3, -0.25) is 18.6 Å². The Labute approximate surface area is 336 Å². The maximum absolute atomic E-state index is 12.6. The van der Waals surface area contributed by atoms with E-state index >= 15 is 0 Å². The molecule has 0 saturated carbocycles. The van der Waals surface area contributed by atoms with Gasteiger partial charge in [0.2, 0.25) is 0 Å². The third-order valence-corrected chi connectivity index (χ3v) is 10.2. The molecule has 9 nitrogen and oxygen atoms in total. The van der Waals surface area contributed by atoms with Crippen LogP contribution < -0.4 is 5.73 Å². The van der Waals surface area contributed by atoms with E-state index in [2.05, 4.69) is 62.5 Å². The molecule has 0 aliphatic heterocycles. The normalized spacial score (nSPS) is 13.7. The maximum atomic E-state index is 12.6. The van der Waals surface area contributed by atoms with Crippen LogP contribution >= 0.6 is 7.82 Å². The number of rotatable bonds is 41. The lowest BCUT2D eigenvalue weighted by Gasteiger charge is -2.19. The van der Waals surface area contributed by atoms with Crippen molar-refractivity contribution >= 4 is 19.8 Å². The molecule has 2 atom stereocenters. The monoisotopic (exact) mass is 796 g/mol. The van der Waals surface area contributed by atoms with E-state index < -0.39 is 32.5 Å². The molecule has 0 radical (unpaired) electrons. The van der Waals surface area contributed by atoms with Crippen LogP contribution in [0, 0.1) is 0 Å². The zero-order valence-corrected chi connectivity index (χ0v) is 36.0. The average Bonchev–Trinajstić information content (AvgIpc) is 3.17. The van der Waals surface area contributed by atoms with Crippen LogP contribution in [0.25, 0.3) is 0 Å². The lowest BCUT2D eigenvalue weighted by atomic mass is 10.1. The highest BCUT2D eigenvalue weighted by atomic mass is 31.2. The fourth-order valence-corrected chi connectivity index (χ4v) is 6.65.